The van der Waals surface area contributed by atoms with Crippen molar-refractivity contribution in [1.82, 2.24) is 10.3 Å². The summed E-state index contributed by atoms with van der Waals surface area (Å²) in [6, 6.07) is 7.50. The van der Waals surface area contributed by atoms with E-state index in [0.717, 1.165) is 16.3 Å². The molecule has 0 aliphatic carbocycles. The van der Waals surface area contributed by atoms with Crippen molar-refractivity contribution in [3.8, 4) is 5.75 Å². The van der Waals surface area contributed by atoms with Gasteiger partial charge in [0.25, 0.3) is 5.91 Å². The van der Waals surface area contributed by atoms with Crippen LogP contribution < -0.4 is 15.8 Å². The minimum Gasteiger partial charge on any atom is -0.494 e. The Morgan fingerprint density at radius 2 is 2.33 bits per heavy atom. The van der Waals surface area contributed by atoms with Crippen molar-refractivity contribution in [3.05, 3.63) is 45.9 Å². The van der Waals surface area contributed by atoms with Crippen LogP contribution in [-0.2, 0) is 6.54 Å². The summed E-state index contributed by atoms with van der Waals surface area (Å²) >= 11 is 1.40. The second-order valence-corrected chi connectivity index (χ2v) is 5.51. The number of benzene rings is 1. The fourth-order valence-electron chi connectivity index (χ4n) is 1.79. The van der Waals surface area contributed by atoms with Crippen LogP contribution in [0, 0.1) is 0 Å². The van der Waals surface area contributed by atoms with Crippen LogP contribution in [0.1, 0.15) is 40.9 Å². The van der Waals surface area contributed by atoms with E-state index < -0.39 is 0 Å². The maximum atomic E-state index is 12.0. The summed E-state index contributed by atoms with van der Waals surface area (Å²) in [6.07, 6.45) is 0. The van der Waals surface area contributed by atoms with Crippen molar-refractivity contribution in [2.24, 2.45) is 5.73 Å². The molecular formula is C15H19N3O2S. The topological polar surface area (TPSA) is 77.2 Å². The highest BCUT2D eigenvalue weighted by atomic mass is 32.1. The van der Waals surface area contributed by atoms with E-state index in [9.17, 15) is 4.79 Å². The highest BCUT2D eigenvalue weighted by Gasteiger charge is 2.12. The summed E-state index contributed by atoms with van der Waals surface area (Å²) < 4.78 is 5.43. The van der Waals surface area contributed by atoms with Crippen molar-refractivity contribution >= 4 is 17.2 Å². The number of amides is 1. The maximum absolute atomic E-state index is 12.0. The number of nitrogens with two attached hydrogens (primary N) is 1. The fourth-order valence-corrected chi connectivity index (χ4v) is 2.54. The van der Waals surface area contributed by atoms with Gasteiger partial charge in [-0.05, 0) is 31.5 Å². The minimum absolute atomic E-state index is 0.153. The number of ether oxygens (including phenoxy) is 1. The molecule has 0 aliphatic rings. The second kappa shape index (κ2) is 7.19. The average molecular weight is 305 g/mol. The lowest BCUT2D eigenvalue weighted by molar-refractivity contribution is 0.0946. The number of carbonyl (C=O) groups excluding carboxylic acids is 1. The smallest absolute Gasteiger partial charge is 0.271 e. The number of aromatic nitrogens is 1. The summed E-state index contributed by atoms with van der Waals surface area (Å²) in [5.74, 6) is 0.608. The van der Waals surface area contributed by atoms with Crippen LogP contribution in [-0.4, -0.2) is 17.5 Å². The number of thiazole rings is 1. The Balaban J connectivity index is 1.95. The molecule has 0 bridgehead atoms. The summed E-state index contributed by atoms with van der Waals surface area (Å²) in [4.78, 5) is 16.3. The van der Waals surface area contributed by atoms with E-state index in [2.05, 4.69) is 10.3 Å². The highest BCUT2D eigenvalue weighted by molar-refractivity contribution is 7.09. The van der Waals surface area contributed by atoms with Crippen LogP contribution in [0.15, 0.2) is 29.6 Å². The monoisotopic (exact) mass is 305 g/mol. The highest BCUT2D eigenvalue weighted by Crippen LogP contribution is 2.16. The Labute approximate surface area is 128 Å². The molecule has 1 aromatic carbocycles. The third-order valence-corrected chi connectivity index (χ3v) is 3.85. The Bertz CT molecular complexity index is 610. The predicted octanol–water partition coefficient (Wildman–Crippen LogP) is 2.49. The second-order valence-electron chi connectivity index (χ2n) is 4.62. The van der Waals surface area contributed by atoms with E-state index in [-0.39, 0.29) is 11.9 Å². The Kier molecular flexibility index (Phi) is 5.30. The van der Waals surface area contributed by atoms with E-state index in [0.29, 0.717) is 18.8 Å². The Morgan fingerprint density at radius 3 is 3.00 bits per heavy atom. The van der Waals surface area contributed by atoms with Gasteiger partial charge in [0.15, 0.2) is 0 Å². The number of rotatable bonds is 6. The molecule has 0 radical (unpaired) electrons. The third-order valence-electron chi connectivity index (χ3n) is 2.81. The van der Waals surface area contributed by atoms with E-state index >= 15 is 0 Å². The quantitative estimate of drug-likeness (QED) is 0.859. The fraction of sp³-hybridized carbons (Fsp3) is 0.333. The zero-order valence-electron chi connectivity index (χ0n) is 12.1. The summed E-state index contributed by atoms with van der Waals surface area (Å²) in [6.45, 7) is 4.84. The standard InChI is InChI=1S/C15H19N3O2S/c1-3-20-12-6-4-5-11(7-12)8-17-14(19)13-9-21-15(18-13)10(2)16/h4-7,9-10H,3,8,16H2,1-2H3,(H,17,19). The molecule has 21 heavy (non-hydrogen) atoms. The van der Waals surface area contributed by atoms with E-state index in [1.807, 2.05) is 38.1 Å². The van der Waals surface area contributed by atoms with Crippen molar-refractivity contribution < 1.29 is 9.53 Å². The van der Waals surface area contributed by atoms with Gasteiger partial charge in [0.2, 0.25) is 0 Å². The number of nitrogens with zero attached hydrogens (tertiary/aromatic N) is 1. The molecule has 0 saturated carbocycles. The molecular weight excluding hydrogens is 286 g/mol. The first-order chi connectivity index (χ1) is 10.1. The molecule has 5 nitrogen and oxygen atoms in total. The molecule has 1 heterocycles. The molecule has 0 spiro atoms. The normalized spacial score (nSPS) is 12.0. The van der Waals surface area contributed by atoms with Gasteiger partial charge >= 0.3 is 0 Å². The summed E-state index contributed by atoms with van der Waals surface area (Å²) in [7, 11) is 0. The van der Waals surface area contributed by atoms with Gasteiger partial charge in [-0.3, -0.25) is 4.79 Å². The SMILES string of the molecule is CCOc1cccc(CNC(=O)c2csc(C(C)N)n2)c1. The van der Waals surface area contributed by atoms with Crippen LogP contribution in [0.4, 0.5) is 0 Å². The average Bonchev–Trinajstić information content (AvgIpc) is 2.96. The predicted molar refractivity (Wildman–Crippen MR) is 83.5 cm³/mol. The lowest BCUT2D eigenvalue weighted by Crippen LogP contribution is -2.23. The lowest BCUT2D eigenvalue weighted by Gasteiger charge is -2.07. The van der Waals surface area contributed by atoms with Crippen LogP contribution >= 0.6 is 11.3 Å². The number of carbonyl (C=O) groups is 1. The van der Waals surface area contributed by atoms with Gasteiger partial charge < -0.3 is 15.8 Å². The van der Waals surface area contributed by atoms with Crippen LogP contribution in [0.5, 0.6) is 5.75 Å². The molecule has 1 aromatic heterocycles. The summed E-state index contributed by atoms with van der Waals surface area (Å²) in [5.41, 5.74) is 7.13. The Morgan fingerprint density at radius 1 is 1.52 bits per heavy atom. The molecule has 0 fully saturated rings. The number of hydrogen-bond donors (Lipinski definition) is 2. The van der Waals surface area contributed by atoms with Gasteiger partial charge in [-0.1, -0.05) is 12.1 Å². The van der Waals surface area contributed by atoms with Crippen molar-refractivity contribution in [1.29, 1.82) is 0 Å². The molecule has 112 valence electrons. The molecule has 0 aliphatic heterocycles. The Hall–Kier alpha value is -1.92. The zero-order valence-corrected chi connectivity index (χ0v) is 12.9. The van der Waals surface area contributed by atoms with Gasteiger partial charge in [0.1, 0.15) is 16.5 Å². The number of nitrogens with one attached hydrogen (secondary N) is 1. The summed E-state index contributed by atoms with van der Waals surface area (Å²) in [5, 5.41) is 5.34. The van der Waals surface area contributed by atoms with E-state index in [1.54, 1.807) is 5.38 Å². The molecule has 2 rings (SSSR count). The molecule has 1 atom stereocenters. The van der Waals surface area contributed by atoms with E-state index in [4.69, 9.17) is 10.5 Å². The van der Waals surface area contributed by atoms with Crippen LogP contribution in [0.3, 0.4) is 0 Å². The lowest BCUT2D eigenvalue weighted by atomic mass is 10.2. The molecule has 0 saturated heterocycles. The van der Waals surface area contributed by atoms with Crippen LogP contribution in [0.25, 0.3) is 0 Å². The van der Waals surface area contributed by atoms with Crippen LogP contribution in [0.2, 0.25) is 0 Å². The molecule has 6 heteroatoms. The first kappa shape index (κ1) is 15.5. The van der Waals surface area contributed by atoms with Gasteiger partial charge in [-0.25, -0.2) is 4.98 Å². The van der Waals surface area contributed by atoms with Gasteiger partial charge in [-0.15, -0.1) is 11.3 Å². The first-order valence-electron chi connectivity index (χ1n) is 6.81. The van der Waals surface area contributed by atoms with Gasteiger partial charge in [-0.2, -0.15) is 0 Å². The third kappa shape index (κ3) is 4.27. The minimum atomic E-state index is -0.194. The van der Waals surface area contributed by atoms with Crippen molar-refractivity contribution in [3.63, 3.8) is 0 Å². The first-order valence-corrected chi connectivity index (χ1v) is 7.69. The molecule has 1 amide bonds. The molecule has 1 unspecified atom stereocenters. The van der Waals surface area contributed by atoms with Gasteiger partial charge in [0, 0.05) is 11.9 Å². The molecule has 3 N–H and O–H groups in total. The zero-order chi connectivity index (χ0) is 15.2. The number of hydrogen-bond acceptors (Lipinski definition) is 5. The van der Waals surface area contributed by atoms with Crippen molar-refractivity contribution in [2.45, 2.75) is 26.4 Å². The largest absolute Gasteiger partial charge is 0.494 e. The molecule has 2 aromatic rings. The van der Waals surface area contributed by atoms with Crippen molar-refractivity contribution in [2.75, 3.05) is 6.61 Å². The van der Waals surface area contributed by atoms with Gasteiger partial charge in [0.05, 0.1) is 12.6 Å². The maximum Gasteiger partial charge on any atom is 0.271 e. The van der Waals surface area contributed by atoms with E-state index in [1.165, 1.54) is 11.3 Å².